The third kappa shape index (κ3) is 4.05. The van der Waals surface area contributed by atoms with E-state index >= 15 is 0 Å². The number of amides is 2. The van der Waals surface area contributed by atoms with Gasteiger partial charge in [-0.05, 0) is 25.0 Å². The van der Waals surface area contributed by atoms with Gasteiger partial charge in [0.15, 0.2) is 0 Å². The van der Waals surface area contributed by atoms with Crippen LogP contribution in [0, 0.1) is 11.8 Å². The number of benzene rings is 1. The molecule has 1 aromatic carbocycles. The Morgan fingerprint density at radius 3 is 2.33 bits per heavy atom. The minimum absolute atomic E-state index is 0.0903. The Morgan fingerprint density at radius 1 is 1.10 bits per heavy atom. The molecular weight excluding hydrogens is 264 g/mol. The second-order valence-corrected chi connectivity index (χ2v) is 5.04. The van der Waals surface area contributed by atoms with E-state index in [0.29, 0.717) is 19.4 Å². The molecule has 0 aromatic heterocycles. The molecule has 2 rings (SSSR count). The lowest BCUT2D eigenvalue weighted by molar-refractivity contribution is -0.132. The number of carbonyl (C=O) groups excluding carboxylic acids is 2. The maximum atomic E-state index is 12.4. The predicted octanol–water partition coefficient (Wildman–Crippen LogP) is 2.51. The minimum Gasteiger partial charge on any atom is -0.352 e. The number of hydrogen-bond acceptors (Lipinski definition) is 2. The summed E-state index contributed by atoms with van der Waals surface area (Å²) in [6, 6.07) is 9.30. The van der Waals surface area contributed by atoms with E-state index in [4.69, 9.17) is 0 Å². The topological polar surface area (TPSA) is 58.2 Å². The molecule has 0 fully saturated rings. The van der Waals surface area contributed by atoms with Gasteiger partial charge in [0.25, 0.3) is 0 Å². The van der Waals surface area contributed by atoms with E-state index in [0.717, 1.165) is 5.69 Å². The fraction of sp³-hybridized carbons (Fsp3) is 0.294. The Balaban J connectivity index is 2.04. The highest BCUT2D eigenvalue weighted by Gasteiger charge is 2.33. The van der Waals surface area contributed by atoms with Gasteiger partial charge in [0.1, 0.15) is 0 Å². The molecule has 0 aliphatic heterocycles. The molecule has 2 N–H and O–H groups in total. The summed E-state index contributed by atoms with van der Waals surface area (Å²) < 4.78 is 0. The van der Waals surface area contributed by atoms with Crippen molar-refractivity contribution in [1.82, 2.24) is 5.32 Å². The van der Waals surface area contributed by atoms with Gasteiger partial charge < -0.3 is 10.6 Å². The van der Waals surface area contributed by atoms with E-state index in [-0.39, 0.29) is 23.7 Å². The van der Waals surface area contributed by atoms with Gasteiger partial charge in [0.05, 0.1) is 11.8 Å². The minimum atomic E-state index is -0.333. The molecule has 2 atom stereocenters. The van der Waals surface area contributed by atoms with E-state index in [2.05, 4.69) is 17.2 Å². The number of allylic oxidation sites excluding steroid dienone is 2. The van der Waals surface area contributed by atoms with Gasteiger partial charge in [-0.3, -0.25) is 9.59 Å². The smallest absolute Gasteiger partial charge is 0.228 e. The van der Waals surface area contributed by atoms with Gasteiger partial charge in [-0.15, -0.1) is 6.58 Å². The predicted molar refractivity (Wildman–Crippen MR) is 83.6 cm³/mol. The van der Waals surface area contributed by atoms with Crippen LogP contribution in [0.2, 0.25) is 0 Å². The Morgan fingerprint density at radius 2 is 1.71 bits per heavy atom. The summed E-state index contributed by atoms with van der Waals surface area (Å²) in [5, 5.41) is 5.66. The van der Waals surface area contributed by atoms with Crippen LogP contribution in [0.3, 0.4) is 0 Å². The standard InChI is InChI=1S/C17H20N2O2/c1-2-12-18-16(20)14-10-6-7-11-15(14)17(21)19-13-8-4-3-5-9-13/h2-9,14-15H,1,10-12H2,(H,18,20)(H,19,21)/t14-,15-/m1/s1. The molecule has 1 aliphatic rings. The summed E-state index contributed by atoms with van der Waals surface area (Å²) in [5.41, 5.74) is 0.752. The zero-order chi connectivity index (χ0) is 15.1. The average molecular weight is 284 g/mol. The zero-order valence-corrected chi connectivity index (χ0v) is 11.9. The Hall–Kier alpha value is -2.36. The second-order valence-electron chi connectivity index (χ2n) is 5.04. The average Bonchev–Trinajstić information content (AvgIpc) is 2.53. The number of carbonyl (C=O) groups is 2. The first-order valence-electron chi connectivity index (χ1n) is 7.12. The van der Waals surface area contributed by atoms with E-state index in [1.165, 1.54) is 0 Å². The summed E-state index contributed by atoms with van der Waals surface area (Å²) in [6.45, 7) is 4.00. The van der Waals surface area contributed by atoms with E-state index in [1.54, 1.807) is 6.08 Å². The van der Waals surface area contributed by atoms with Gasteiger partial charge in [-0.2, -0.15) is 0 Å². The van der Waals surface area contributed by atoms with Crippen molar-refractivity contribution in [3.63, 3.8) is 0 Å². The third-order valence-corrected chi connectivity index (χ3v) is 3.57. The highest BCUT2D eigenvalue weighted by molar-refractivity contribution is 5.96. The molecule has 0 saturated carbocycles. The van der Waals surface area contributed by atoms with Crippen LogP contribution < -0.4 is 10.6 Å². The molecule has 1 aliphatic carbocycles. The van der Waals surface area contributed by atoms with E-state index in [1.807, 2.05) is 42.5 Å². The number of para-hydroxylation sites is 1. The molecule has 0 radical (unpaired) electrons. The van der Waals surface area contributed by atoms with Gasteiger partial charge in [-0.25, -0.2) is 0 Å². The van der Waals surface area contributed by atoms with Crippen molar-refractivity contribution in [2.45, 2.75) is 12.8 Å². The van der Waals surface area contributed by atoms with E-state index < -0.39 is 0 Å². The Kier molecular flexibility index (Phi) is 5.32. The molecule has 0 heterocycles. The summed E-state index contributed by atoms with van der Waals surface area (Å²) in [4.78, 5) is 24.6. The van der Waals surface area contributed by atoms with Crippen molar-refractivity contribution in [2.24, 2.45) is 11.8 Å². The van der Waals surface area contributed by atoms with Crippen molar-refractivity contribution >= 4 is 17.5 Å². The molecular formula is C17H20N2O2. The largest absolute Gasteiger partial charge is 0.352 e. The van der Waals surface area contributed by atoms with Gasteiger partial charge in [0.2, 0.25) is 11.8 Å². The van der Waals surface area contributed by atoms with Crippen LogP contribution in [-0.2, 0) is 9.59 Å². The molecule has 0 unspecified atom stereocenters. The number of nitrogens with one attached hydrogen (secondary N) is 2. The zero-order valence-electron chi connectivity index (χ0n) is 11.9. The van der Waals surface area contributed by atoms with Crippen molar-refractivity contribution in [2.75, 3.05) is 11.9 Å². The first-order chi connectivity index (χ1) is 10.2. The molecule has 4 nitrogen and oxygen atoms in total. The van der Waals surface area contributed by atoms with Crippen LogP contribution in [0.25, 0.3) is 0 Å². The van der Waals surface area contributed by atoms with Crippen molar-refractivity contribution < 1.29 is 9.59 Å². The van der Waals surface area contributed by atoms with Crippen LogP contribution in [0.5, 0.6) is 0 Å². The summed E-state index contributed by atoms with van der Waals surface area (Å²) in [6.07, 6.45) is 6.74. The maximum absolute atomic E-state index is 12.4. The number of rotatable bonds is 5. The molecule has 0 bridgehead atoms. The molecule has 1 aromatic rings. The normalized spacial score (nSPS) is 20.6. The third-order valence-electron chi connectivity index (χ3n) is 3.57. The molecule has 110 valence electrons. The van der Waals surface area contributed by atoms with Crippen LogP contribution >= 0.6 is 0 Å². The Bertz CT molecular complexity index is 537. The van der Waals surface area contributed by atoms with Gasteiger partial charge >= 0.3 is 0 Å². The fourth-order valence-electron chi connectivity index (χ4n) is 2.45. The van der Waals surface area contributed by atoms with Crippen LogP contribution in [0.1, 0.15) is 12.8 Å². The van der Waals surface area contributed by atoms with Gasteiger partial charge in [0, 0.05) is 12.2 Å². The highest BCUT2D eigenvalue weighted by Crippen LogP contribution is 2.27. The van der Waals surface area contributed by atoms with Gasteiger partial charge in [-0.1, -0.05) is 36.4 Å². The summed E-state index contributed by atoms with van der Waals surface area (Å²) in [7, 11) is 0. The summed E-state index contributed by atoms with van der Waals surface area (Å²) in [5.74, 6) is -0.851. The second kappa shape index (κ2) is 7.43. The van der Waals surface area contributed by atoms with Crippen molar-refractivity contribution in [3.8, 4) is 0 Å². The first-order valence-corrected chi connectivity index (χ1v) is 7.12. The van der Waals surface area contributed by atoms with E-state index in [9.17, 15) is 9.59 Å². The Labute approximate surface area is 124 Å². The number of hydrogen-bond donors (Lipinski definition) is 2. The van der Waals surface area contributed by atoms with Crippen molar-refractivity contribution in [3.05, 3.63) is 55.1 Å². The van der Waals surface area contributed by atoms with Crippen LogP contribution in [-0.4, -0.2) is 18.4 Å². The molecule has 0 saturated heterocycles. The summed E-state index contributed by atoms with van der Waals surface area (Å²) >= 11 is 0. The van der Waals surface area contributed by atoms with Crippen LogP contribution in [0.4, 0.5) is 5.69 Å². The molecule has 0 spiro atoms. The van der Waals surface area contributed by atoms with Crippen molar-refractivity contribution in [1.29, 1.82) is 0 Å². The lowest BCUT2D eigenvalue weighted by Gasteiger charge is -2.26. The fourth-order valence-corrected chi connectivity index (χ4v) is 2.45. The highest BCUT2D eigenvalue weighted by atomic mass is 16.2. The number of anilines is 1. The van der Waals surface area contributed by atoms with Crippen LogP contribution in [0.15, 0.2) is 55.1 Å². The molecule has 2 amide bonds. The molecule has 21 heavy (non-hydrogen) atoms. The lowest BCUT2D eigenvalue weighted by atomic mass is 9.81. The monoisotopic (exact) mass is 284 g/mol. The molecule has 4 heteroatoms. The lowest BCUT2D eigenvalue weighted by Crippen LogP contribution is -2.40. The quantitative estimate of drug-likeness (QED) is 0.816. The first kappa shape index (κ1) is 15.0. The maximum Gasteiger partial charge on any atom is 0.228 e. The SMILES string of the molecule is C=CCNC(=O)[C@@H]1CC=CC[C@H]1C(=O)Nc1ccccc1.